The van der Waals surface area contributed by atoms with Crippen molar-refractivity contribution in [2.45, 2.75) is 19.1 Å². The molecule has 1 aromatic carbocycles. The van der Waals surface area contributed by atoms with Gasteiger partial charge in [-0.15, -0.1) is 0 Å². The molecule has 1 rings (SSSR count). The van der Waals surface area contributed by atoms with Crippen LogP contribution in [0.5, 0.6) is 0 Å². The lowest BCUT2D eigenvalue weighted by Crippen LogP contribution is -2.20. The van der Waals surface area contributed by atoms with E-state index in [1.54, 1.807) is 13.0 Å². The summed E-state index contributed by atoms with van der Waals surface area (Å²) in [5.41, 5.74) is 2.01. The summed E-state index contributed by atoms with van der Waals surface area (Å²) in [5.74, 6) is 0. The molecule has 0 saturated heterocycles. The maximum absolute atomic E-state index is 12.6. The van der Waals surface area contributed by atoms with E-state index in [4.69, 9.17) is 0 Å². The number of hydrogen-bond acceptors (Lipinski definition) is 2. The maximum Gasteiger partial charge on any atom is 0.416 e. The Morgan fingerprint density at radius 3 is 2.40 bits per heavy atom. The Balaban J connectivity index is 3.06. The molecule has 0 amide bonds. The van der Waals surface area contributed by atoms with Gasteiger partial charge in [-0.1, -0.05) is 18.2 Å². The average molecular weight is 219 g/mol. The molecule has 1 atom stereocenters. The number of rotatable bonds is 3. The lowest BCUT2D eigenvalue weighted by atomic mass is 10.0. The molecule has 0 aromatic heterocycles. The first-order valence-electron chi connectivity index (χ1n) is 4.41. The van der Waals surface area contributed by atoms with Crippen molar-refractivity contribution in [2.24, 2.45) is 0 Å². The highest BCUT2D eigenvalue weighted by atomic mass is 19.4. The molecule has 0 radical (unpaired) electrons. The van der Waals surface area contributed by atoms with E-state index in [9.17, 15) is 13.2 Å². The van der Waals surface area contributed by atoms with E-state index in [-0.39, 0.29) is 5.56 Å². The predicted molar refractivity (Wildman–Crippen MR) is 50.0 cm³/mol. The fourth-order valence-corrected chi connectivity index (χ4v) is 1.37. The molecule has 5 heteroatoms. The number of hydrogen-bond donors (Lipinski definition) is 1. The number of halogens is 3. The van der Waals surface area contributed by atoms with E-state index in [1.165, 1.54) is 19.2 Å². The Bertz CT molecular complexity index is 325. The molecule has 0 fully saturated rings. The van der Waals surface area contributed by atoms with Crippen molar-refractivity contribution in [2.75, 3.05) is 7.11 Å². The highest BCUT2D eigenvalue weighted by Crippen LogP contribution is 2.34. The molecular weight excluding hydrogens is 207 g/mol. The Labute approximate surface area is 86.0 Å². The first-order chi connectivity index (χ1) is 6.96. The summed E-state index contributed by atoms with van der Waals surface area (Å²) in [6.45, 7) is 1.61. The second-order valence-corrected chi connectivity index (χ2v) is 3.13. The van der Waals surface area contributed by atoms with Gasteiger partial charge in [0.2, 0.25) is 0 Å². The lowest BCUT2D eigenvalue weighted by molar-refractivity contribution is -0.138. The predicted octanol–water partition coefficient (Wildman–Crippen LogP) is 2.92. The molecular formula is C10H12F3NO. The summed E-state index contributed by atoms with van der Waals surface area (Å²) in [6.07, 6.45) is -4.33. The van der Waals surface area contributed by atoms with Gasteiger partial charge in [-0.2, -0.15) is 18.7 Å². The lowest BCUT2D eigenvalue weighted by Gasteiger charge is -2.18. The number of hydroxylamine groups is 1. The van der Waals surface area contributed by atoms with Gasteiger partial charge in [0.05, 0.1) is 18.7 Å². The fraction of sp³-hybridized carbons (Fsp3) is 0.400. The number of benzene rings is 1. The molecule has 0 bridgehead atoms. The van der Waals surface area contributed by atoms with E-state index in [0.29, 0.717) is 0 Å². The zero-order valence-electron chi connectivity index (χ0n) is 8.43. The van der Waals surface area contributed by atoms with Crippen LogP contribution in [-0.4, -0.2) is 7.11 Å². The standard InChI is InChI=1S/C10H12F3NO/c1-7(14-15-2)8-5-3-4-6-9(8)10(11,12)13/h3-7,14H,1-2H3. The fourth-order valence-electron chi connectivity index (χ4n) is 1.37. The van der Waals surface area contributed by atoms with Crippen LogP contribution in [0.2, 0.25) is 0 Å². The van der Waals surface area contributed by atoms with Crippen LogP contribution in [0.25, 0.3) is 0 Å². The summed E-state index contributed by atoms with van der Waals surface area (Å²) >= 11 is 0. The molecule has 2 nitrogen and oxygen atoms in total. The maximum atomic E-state index is 12.6. The van der Waals surface area contributed by atoms with E-state index < -0.39 is 17.8 Å². The van der Waals surface area contributed by atoms with Crippen LogP contribution in [0.1, 0.15) is 24.1 Å². The van der Waals surface area contributed by atoms with Crippen molar-refractivity contribution in [1.29, 1.82) is 0 Å². The third-order valence-corrected chi connectivity index (χ3v) is 2.03. The van der Waals surface area contributed by atoms with Crippen LogP contribution in [-0.2, 0) is 11.0 Å². The van der Waals surface area contributed by atoms with Gasteiger partial charge >= 0.3 is 6.18 Å². The van der Waals surface area contributed by atoms with Crippen LogP contribution >= 0.6 is 0 Å². The highest BCUT2D eigenvalue weighted by Gasteiger charge is 2.34. The van der Waals surface area contributed by atoms with Gasteiger partial charge in [0.25, 0.3) is 0 Å². The van der Waals surface area contributed by atoms with Gasteiger partial charge in [-0.3, -0.25) is 0 Å². The topological polar surface area (TPSA) is 21.3 Å². The largest absolute Gasteiger partial charge is 0.416 e. The quantitative estimate of drug-likeness (QED) is 0.789. The molecule has 0 aliphatic carbocycles. The average Bonchev–Trinajstić information content (AvgIpc) is 2.17. The first kappa shape index (κ1) is 12.0. The van der Waals surface area contributed by atoms with Crippen molar-refractivity contribution >= 4 is 0 Å². The number of nitrogens with one attached hydrogen (secondary N) is 1. The second kappa shape index (κ2) is 4.63. The van der Waals surface area contributed by atoms with Crippen molar-refractivity contribution in [3.8, 4) is 0 Å². The number of alkyl halides is 3. The molecule has 0 aliphatic rings. The Hall–Kier alpha value is -1.07. The Morgan fingerprint density at radius 2 is 1.87 bits per heavy atom. The monoisotopic (exact) mass is 219 g/mol. The van der Waals surface area contributed by atoms with Crippen molar-refractivity contribution in [3.63, 3.8) is 0 Å². The summed E-state index contributed by atoms with van der Waals surface area (Å²) in [4.78, 5) is 4.61. The van der Waals surface area contributed by atoms with Gasteiger partial charge in [0, 0.05) is 0 Å². The van der Waals surface area contributed by atoms with E-state index in [2.05, 4.69) is 10.3 Å². The van der Waals surface area contributed by atoms with Crippen LogP contribution in [0.4, 0.5) is 13.2 Å². The van der Waals surface area contributed by atoms with Crippen molar-refractivity contribution in [1.82, 2.24) is 5.48 Å². The summed E-state index contributed by atoms with van der Waals surface area (Å²) in [5, 5.41) is 0. The normalized spacial score (nSPS) is 13.9. The van der Waals surface area contributed by atoms with Gasteiger partial charge in [0.1, 0.15) is 0 Å². The Kier molecular flexibility index (Phi) is 3.71. The minimum Gasteiger partial charge on any atom is -0.305 e. The van der Waals surface area contributed by atoms with Crippen LogP contribution in [0, 0.1) is 0 Å². The van der Waals surface area contributed by atoms with Crippen LogP contribution < -0.4 is 5.48 Å². The first-order valence-corrected chi connectivity index (χ1v) is 4.41. The summed E-state index contributed by atoms with van der Waals surface area (Å²) in [7, 11) is 1.37. The molecule has 0 spiro atoms. The molecule has 1 unspecified atom stereocenters. The summed E-state index contributed by atoms with van der Waals surface area (Å²) < 4.78 is 37.7. The molecule has 15 heavy (non-hydrogen) atoms. The van der Waals surface area contributed by atoms with Gasteiger partial charge in [-0.25, -0.2) is 0 Å². The molecule has 0 aliphatic heterocycles. The third-order valence-electron chi connectivity index (χ3n) is 2.03. The van der Waals surface area contributed by atoms with E-state index >= 15 is 0 Å². The highest BCUT2D eigenvalue weighted by molar-refractivity contribution is 5.31. The molecule has 1 aromatic rings. The molecule has 0 heterocycles. The zero-order valence-corrected chi connectivity index (χ0v) is 8.43. The Morgan fingerprint density at radius 1 is 1.27 bits per heavy atom. The second-order valence-electron chi connectivity index (χ2n) is 3.13. The smallest absolute Gasteiger partial charge is 0.305 e. The van der Waals surface area contributed by atoms with Gasteiger partial charge in [-0.05, 0) is 18.6 Å². The molecule has 0 saturated carbocycles. The minimum absolute atomic E-state index is 0.173. The summed E-state index contributed by atoms with van der Waals surface area (Å²) in [6, 6.07) is 4.92. The van der Waals surface area contributed by atoms with E-state index in [0.717, 1.165) is 6.07 Å². The molecule has 84 valence electrons. The molecule has 1 N–H and O–H groups in total. The zero-order chi connectivity index (χ0) is 11.5. The van der Waals surface area contributed by atoms with Gasteiger partial charge < -0.3 is 4.84 Å². The van der Waals surface area contributed by atoms with Crippen molar-refractivity contribution < 1.29 is 18.0 Å². The van der Waals surface area contributed by atoms with Gasteiger partial charge in [0.15, 0.2) is 0 Å². The van der Waals surface area contributed by atoms with Crippen LogP contribution in [0.3, 0.4) is 0 Å². The van der Waals surface area contributed by atoms with Crippen LogP contribution in [0.15, 0.2) is 24.3 Å². The van der Waals surface area contributed by atoms with Crippen molar-refractivity contribution in [3.05, 3.63) is 35.4 Å². The SMILES string of the molecule is CONC(C)c1ccccc1C(F)(F)F. The third kappa shape index (κ3) is 2.94. The minimum atomic E-state index is -4.33. The van der Waals surface area contributed by atoms with E-state index in [1.807, 2.05) is 0 Å².